The molecule has 27 heavy (non-hydrogen) atoms. The standard InChI is InChI=1S/C19H22N4O2S2/c1-11-6-5-7-23(10-11)16-13(8-15-18(25)22(4)19(26)27-15)12(2)14(9-20)17(24)21(16)3/h8,11H,5-7,10H2,1-4H3/b15-8+. The summed E-state index contributed by atoms with van der Waals surface area (Å²) in [5.41, 5.74) is 1.17. The van der Waals surface area contributed by atoms with Gasteiger partial charge in [-0.1, -0.05) is 30.9 Å². The number of amides is 1. The van der Waals surface area contributed by atoms with Crippen molar-refractivity contribution < 1.29 is 4.79 Å². The van der Waals surface area contributed by atoms with E-state index in [0.717, 1.165) is 37.3 Å². The molecule has 2 saturated heterocycles. The summed E-state index contributed by atoms with van der Waals surface area (Å²) < 4.78 is 2.05. The number of thioether (sulfide) groups is 1. The van der Waals surface area contributed by atoms with Gasteiger partial charge >= 0.3 is 0 Å². The molecule has 1 unspecified atom stereocenters. The van der Waals surface area contributed by atoms with Gasteiger partial charge in [-0.3, -0.25) is 19.1 Å². The minimum Gasteiger partial charge on any atom is -0.357 e. The van der Waals surface area contributed by atoms with E-state index in [1.54, 1.807) is 31.7 Å². The molecule has 2 aliphatic heterocycles. The first-order valence-electron chi connectivity index (χ1n) is 8.86. The monoisotopic (exact) mass is 402 g/mol. The van der Waals surface area contributed by atoms with Crippen molar-refractivity contribution in [2.75, 3.05) is 25.0 Å². The first kappa shape index (κ1) is 19.6. The molecule has 6 nitrogen and oxygen atoms in total. The van der Waals surface area contributed by atoms with Crippen molar-refractivity contribution in [3.63, 3.8) is 0 Å². The van der Waals surface area contributed by atoms with E-state index in [1.807, 2.05) is 6.07 Å². The molecule has 1 amide bonds. The highest BCUT2D eigenvalue weighted by Gasteiger charge is 2.31. The molecule has 142 valence electrons. The van der Waals surface area contributed by atoms with E-state index in [9.17, 15) is 14.9 Å². The average Bonchev–Trinajstić information content (AvgIpc) is 2.87. The molecule has 0 saturated carbocycles. The second-order valence-corrected chi connectivity index (χ2v) is 8.82. The lowest BCUT2D eigenvalue weighted by molar-refractivity contribution is -0.121. The third-order valence-electron chi connectivity index (χ3n) is 5.19. The van der Waals surface area contributed by atoms with Crippen LogP contribution in [0.3, 0.4) is 0 Å². The normalized spacial score (nSPS) is 21.9. The van der Waals surface area contributed by atoms with Crippen molar-refractivity contribution in [3.05, 3.63) is 31.9 Å². The van der Waals surface area contributed by atoms with Crippen LogP contribution in [0.2, 0.25) is 0 Å². The quantitative estimate of drug-likeness (QED) is 0.560. The molecule has 0 aromatic carbocycles. The van der Waals surface area contributed by atoms with E-state index in [0.29, 0.717) is 20.7 Å². The number of hydrogen-bond donors (Lipinski definition) is 0. The van der Waals surface area contributed by atoms with Gasteiger partial charge in [0.1, 0.15) is 21.8 Å². The molecule has 2 fully saturated rings. The maximum Gasteiger partial charge on any atom is 0.270 e. The van der Waals surface area contributed by atoms with Crippen LogP contribution in [0.25, 0.3) is 6.08 Å². The molecule has 3 heterocycles. The van der Waals surface area contributed by atoms with E-state index < -0.39 is 0 Å². The maximum atomic E-state index is 12.7. The number of thiocarbonyl (C=S) groups is 1. The molecule has 3 rings (SSSR count). The Bertz CT molecular complexity index is 958. The molecular formula is C19H22N4O2S2. The van der Waals surface area contributed by atoms with Crippen LogP contribution in [-0.4, -0.2) is 39.8 Å². The number of rotatable bonds is 2. The fourth-order valence-corrected chi connectivity index (χ4v) is 4.81. The first-order chi connectivity index (χ1) is 12.8. The topological polar surface area (TPSA) is 69.3 Å². The number of piperidine rings is 1. The zero-order chi connectivity index (χ0) is 19.9. The Labute approximate surface area is 168 Å². The van der Waals surface area contributed by atoms with Crippen molar-refractivity contribution in [2.45, 2.75) is 26.7 Å². The van der Waals surface area contributed by atoms with E-state index >= 15 is 0 Å². The van der Waals surface area contributed by atoms with Gasteiger partial charge in [0.25, 0.3) is 11.5 Å². The summed E-state index contributed by atoms with van der Waals surface area (Å²) in [5, 5.41) is 9.49. The molecule has 0 spiro atoms. The van der Waals surface area contributed by atoms with E-state index in [1.165, 1.54) is 16.7 Å². The van der Waals surface area contributed by atoms with Gasteiger partial charge in [-0.05, 0) is 37.3 Å². The number of carbonyl (C=O) groups excluding carboxylic acids is 1. The highest BCUT2D eigenvalue weighted by atomic mass is 32.2. The largest absolute Gasteiger partial charge is 0.357 e. The lowest BCUT2D eigenvalue weighted by Crippen LogP contribution is -2.39. The molecule has 1 aromatic heterocycles. The number of likely N-dealkylation sites (N-methyl/N-ethyl adjacent to an activating group) is 1. The van der Waals surface area contributed by atoms with Crippen molar-refractivity contribution in [1.29, 1.82) is 5.26 Å². The maximum absolute atomic E-state index is 12.7. The van der Waals surface area contributed by atoms with Crippen molar-refractivity contribution in [3.8, 4) is 6.07 Å². The SMILES string of the molecule is Cc1c(/C=C2/SC(=S)N(C)C2=O)c(N2CCCC(C)C2)n(C)c(=O)c1C#N. The van der Waals surface area contributed by atoms with Gasteiger partial charge in [0, 0.05) is 32.7 Å². The number of anilines is 1. The van der Waals surface area contributed by atoms with Crippen LogP contribution in [0.4, 0.5) is 5.82 Å². The molecular weight excluding hydrogens is 380 g/mol. The smallest absolute Gasteiger partial charge is 0.270 e. The summed E-state index contributed by atoms with van der Waals surface area (Å²) in [4.78, 5) is 29.3. The summed E-state index contributed by atoms with van der Waals surface area (Å²) in [6.45, 7) is 5.66. The summed E-state index contributed by atoms with van der Waals surface area (Å²) in [6.07, 6.45) is 3.99. The summed E-state index contributed by atoms with van der Waals surface area (Å²) in [6, 6.07) is 2.03. The van der Waals surface area contributed by atoms with Gasteiger partial charge in [0.2, 0.25) is 0 Å². The summed E-state index contributed by atoms with van der Waals surface area (Å²) in [5.74, 6) is 1.13. The molecule has 0 N–H and O–H groups in total. The Morgan fingerprint density at radius 2 is 2.04 bits per heavy atom. The fourth-order valence-electron chi connectivity index (χ4n) is 3.65. The molecule has 8 heteroatoms. The Balaban J connectivity index is 2.24. The van der Waals surface area contributed by atoms with Crippen molar-refractivity contribution >= 4 is 46.1 Å². The molecule has 2 aliphatic rings. The number of nitrogens with zero attached hydrogens (tertiary/aromatic N) is 4. The van der Waals surface area contributed by atoms with Crippen LogP contribution in [0.15, 0.2) is 9.70 Å². The average molecular weight is 403 g/mol. The Hall–Kier alpha value is -2.11. The summed E-state index contributed by atoms with van der Waals surface area (Å²) in [7, 11) is 3.35. The van der Waals surface area contributed by atoms with Crippen LogP contribution in [0, 0.1) is 24.2 Å². The Morgan fingerprint density at radius 3 is 2.59 bits per heavy atom. The second kappa shape index (κ2) is 7.49. The van der Waals surface area contributed by atoms with Crippen LogP contribution < -0.4 is 10.5 Å². The van der Waals surface area contributed by atoms with Crippen molar-refractivity contribution in [1.82, 2.24) is 9.47 Å². The summed E-state index contributed by atoms with van der Waals surface area (Å²) >= 11 is 6.47. The highest BCUT2D eigenvalue weighted by Crippen LogP contribution is 2.35. The third-order valence-corrected chi connectivity index (χ3v) is 6.67. The molecule has 1 aromatic rings. The van der Waals surface area contributed by atoms with Gasteiger partial charge in [0.05, 0.1) is 4.91 Å². The number of nitriles is 1. The highest BCUT2D eigenvalue weighted by molar-refractivity contribution is 8.26. The lowest BCUT2D eigenvalue weighted by Gasteiger charge is -2.35. The van der Waals surface area contributed by atoms with E-state index in [4.69, 9.17) is 12.2 Å². The zero-order valence-electron chi connectivity index (χ0n) is 15.9. The van der Waals surface area contributed by atoms with Crippen LogP contribution in [0.5, 0.6) is 0 Å². The Morgan fingerprint density at radius 1 is 1.33 bits per heavy atom. The molecule has 0 bridgehead atoms. The van der Waals surface area contributed by atoms with Crippen LogP contribution in [0.1, 0.15) is 36.5 Å². The fraction of sp³-hybridized carbons (Fsp3) is 0.474. The second-order valence-electron chi connectivity index (χ2n) is 7.15. The predicted octanol–water partition coefficient (Wildman–Crippen LogP) is 2.63. The van der Waals surface area contributed by atoms with E-state index in [-0.39, 0.29) is 17.0 Å². The van der Waals surface area contributed by atoms with Crippen LogP contribution >= 0.6 is 24.0 Å². The Kier molecular flexibility index (Phi) is 5.45. The minimum absolute atomic E-state index is 0.115. The zero-order valence-corrected chi connectivity index (χ0v) is 17.5. The number of pyridine rings is 1. The van der Waals surface area contributed by atoms with E-state index in [2.05, 4.69) is 11.8 Å². The van der Waals surface area contributed by atoms with Gasteiger partial charge in [-0.2, -0.15) is 5.26 Å². The third kappa shape index (κ3) is 3.42. The molecule has 0 radical (unpaired) electrons. The van der Waals surface area contributed by atoms with Crippen molar-refractivity contribution in [2.24, 2.45) is 13.0 Å². The minimum atomic E-state index is -0.302. The lowest BCUT2D eigenvalue weighted by atomic mass is 9.98. The number of hydrogen-bond acceptors (Lipinski definition) is 6. The van der Waals surface area contributed by atoms with Gasteiger partial charge in [-0.25, -0.2) is 0 Å². The first-order valence-corrected chi connectivity index (χ1v) is 10.1. The van der Waals surface area contributed by atoms with Gasteiger partial charge in [-0.15, -0.1) is 0 Å². The molecule has 0 aliphatic carbocycles. The predicted molar refractivity (Wildman–Crippen MR) is 113 cm³/mol. The number of aromatic nitrogens is 1. The van der Waals surface area contributed by atoms with Crippen LogP contribution in [-0.2, 0) is 11.8 Å². The molecule has 1 atom stereocenters. The number of carbonyl (C=O) groups is 1. The van der Waals surface area contributed by atoms with Gasteiger partial charge < -0.3 is 4.90 Å². The van der Waals surface area contributed by atoms with Gasteiger partial charge in [0.15, 0.2) is 0 Å².